The Morgan fingerprint density at radius 3 is 1.80 bits per heavy atom. The summed E-state index contributed by atoms with van der Waals surface area (Å²) in [6.07, 6.45) is 0. The van der Waals surface area contributed by atoms with E-state index < -0.39 is 0 Å². The van der Waals surface area contributed by atoms with Crippen LogP contribution in [0.1, 0.15) is 20.8 Å². The molecule has 0 saturated carbocycles. The molecule has 0 aromatic heterocycles. The van der Waals surface area contributed by atoms with Crippen molar-refractivity contribution in [1.82, 2.24) is 0 Å². The summed E-state index contributed by atoms with van der Waals surface area (Å²) in [5, 5.41) is 1.16. The number of halogens is 4. The first-order valence-corrected chi connectivity index (χ1v) is 7.15. The predicted molar refractivity (Wildman–Crippen MR) is 82.3 cm³/mol. The molecule has 1 nitrogen and oxygen atoms in total. The quantitative estimate of drug-likeness (QED) is 0.395. The van der Waals surface area contributed by atoms with Gasteiger partial charge in [0.1, 0.15) is 5.60 Å². The second-order valence-corrected chi connectivity index (χ2v) is 7.09. The first-order chi connectivity index (χ1) is 6.72. The molecule has 0 unspecified atom stereocenters. The fraction of sp³-hybridized carbons (Fsp3) is 0.400. The lowest BCUT2D eigenvalue weighted by Crippen LogP contribution is -2.23. The van der Waals surface area contributed by atoms with Crippen LogP contribution in [0.15, 0.2) is 6.07 Å². The van der Waals surface area contributed by atoms with Crippen molar-refractivity contribution < 1.29 is 4.74 Å². The summed E-state index contributed by atoms with van der Waals surface area (Å²) in [7, 11) is 0. The monoisotopic (exact) mass is 470 g/mol. The summed E-state index contributed by atoms with van der Waals surface area (Å²) in [6, 6.07) is 1.93. The van der Waals surface area contributed by atoms with Gasteiger partial charge in [-0.05, 0) is 72.0 Å². The third-order valence-corrected chi connectivity index (χ3v) is 4.57. The lowest BCUT2D eigenvalue weighted by atomic mass is 10.2. The van der Waals surface area contributed by atoms with Crippen LogP contribution in [-0.4, -0.2) is 5.60 Å². The zero-order chi connectivity index (χ0) is 11.8. The summed E-state index contributed by atoms with van der Waals surface area (Å²) < 4.78 is 7.64. The lowest BCUT2D eigenvalue weighted by molar-refractivity contribution is 0.131. The fourth-order valence-electron chi connectivity index (χ4n) is 0.947. The summed E-state index contributed by atoms with van der Waals surface area (Å²) >= 11 is 16.6. The third kappa shape index (κ3) is 3.78. The minimum atomic E-state index is -0.305. The Balaban J connectivity index is 3.27. The molecule has 0 spiro atoms. The average Bonchev–Trinajstić information content (AvgIpc) is 2.08. The number of hydrogen-bond donors (Lipinski definition) is 0. The van der Waals surface area contributed by atoms with E-state index in [-0.39, 0.29) is 5.60 Å². The molecule has 0 aliphatic carbocycles. The van der Waals surface area contributed by atoms with Crippen LogP contribution < -0.4 is 4.74 Å². The molecule has 0 N–H and O–H groups in total. The molecule has 0 atom stereocenters. The van der Waals surface area contributed by atoms with Crippen molar-refractivity contribution in [3.05, 3.63) is 23.3 Å². The SMILES string of the molecule is CC(C)(C)Oc1c(Cl)c(I)cc(I)c1Cl. The van der Waals surface area contributed by atoms with Gasteiger partial charge >= 0.3 is 0 Å². The van der Waals surface area contributed by atoms with Gasteiger partial charge in [-0.3, -0.25) is 0 Å². The molecular weight excluding hydrogens is 461 g/mol. The van der Waals surface area contributed by atoms with Crippen LogP contribution >= 0.6 is 68.4 Å². The minimum Gasteiger partial charge on any atom is -0.485 e. The maximum Gasteiger partial charge on any atom is 0.159 e. The summed E-state index contributed by atoms with van der Waals surface area (Å²) in [5.41, 5.74) is -0.305. The normalized spacial score (nSPS) is 11.7. The zero-order valence-electron chi connectivity index (χ0n) is 8.50. The molecule has 84 valence electrons. The Morgan fingerprint density at radius 1 is 1.07 bits per heavy atom. The minimum absolute atomic E-state index is 0.305. The molecule has 1 aromatic carbocycles. The largest absolute Gasteiger partial charge is 0.485 e. The van der Waals surface area contributed by atoms with Gasteiger partial charge in [-0.2, -0.15) is 0 Å². The second kappa shape index (κ2) is 5.14. The Bertz CT molecular complexity index is 360. The molecule has 1 aromatic rings. The van der Waals surface area contributed by atoms with E-state index in [0.717, 1.165) is 7.14 Å². The van der Waals surface area contributed by atoms with Gasteiger partial charge in [0, 0.05) is 7.14 Å². The maximum absolute atomic E-state index is 6.16. The van der Waals surface area contributed by atoms with Crippen molar-refractivity contribution in [1.29, 1.82) is 0 Å². The van der Waals surface area contributed by atoms with Gasteiger partial charge in [0.25, 0.3) is 0 Å². The van der Waals surface area contributed by atoms with Gasteiger partial charge < -0.3 is 4.74 Å². The highest BCUT2D eigenvalue weighted by Crippen LogP contribution is 2.41. The Kier molecular flexibility index (Phi) is 4.84. The summed E-state index contributed by atoms with van der Waals surface area (Å²) in [6.45, 7) is 5.89. The molecule has 0 amide bonds. The van der Waals surface area contributed by atoms with Crippen LogP contribution in [0, 0.1) is 7.14 Å². The fourth-order valence-corrected chi connectivity index (χ4v) is 3.08. The van der Waals surface area contributed by atoms with Crippen molar-refractivity contribution >= 4 is 68.4 Å². The topological polar surface area (TPSA) is 9.23 Å². The van der Waals surface area contributed by atoms with Crippen molar-refractivity contribution in [3.63, 3.8) is 0 Å². The van der Waals surface area contributed by atoms with Crippen molar-refractivity contribution in [3.8, 4) is 5.75 Å². The van der Waals surface area contributed by atoms with Crippen LogP contribution in [0.5, 0.6) is 5.75 Å². The molecule has 0 aliphatic rings. The highest BCUT2D eigenvalue weighted by molar-refractivity contribution is 14.1. The van der Waals surface area contributed by atoms with E-state index >= 15 is 0 Å². The lowest BCUT2D eigenvalue weighted by Gasteiger charge is -2.23. The molecule has 0 fully saturated rings. The number of rotatable bonds is 1. The van der Waals surface area contributed by atoms with Gasteiger partial charge in [0.05, 0.1) is 10.0 Å². The van der Waals surface area contributed by atoms with Crippen molar-refractivity contribution in [2.45, 2.75) is 26.4 Å². The molecule has 0 radical (unpaired) electrons. The van der Waals surface area contributed by atoms with Crippen LogP contribution in [0.3, 0.4) is 0 Å². The van der Waals surface area contributed by atoms with E-state index in [4.69, 9.17) is 27.9 Å². The van der Waals surface area contributed by atoms with E-state index in [9.17, 15) is 0 Å². The number of hydrogen-bond acceptors (Lipinski definition) is 1. The van der Waals surface area contributed by atoms with E-state index in [0.29, 0.717) is 15.8 Å². The van der Waals surface area contributed by atoms with Crippen LogP contribution in [0.4, 0.5) is 0 Å². The van der Waals surface area contributed by atoms with Gasteiger partial charge in [-0.15, -0.1) is 0 Å². The van der Waals surface area contributed by atoms with Crippen LogP contribution in [-0.2, 0) is 0 Å². The first-order valence-electron chi connectivity index (χ1n) is 4.24. The molecule has 0 aliphatic heterocycles. The van der Waals surface area contributed by atoms with E-state index in [1.54, 1.807) is 0 Å². The van der Waals surface area contributed by atoms with Gasteiger partial charge in [-0.1, -0.05) is 23.2 Å². The van der Waals surface area contributed by atoms with Crippen molar-refractivity contribution in [2.24, 2.45) is 0 Å². The van der Waals surface area contributed by atoms with E-state index in [1.807, 2.05) is 26.8 Å². The Hall–Kier alpha value is 1.06. The molecule has 0 heterocycles. The van der Waals surface area contributed by atoms with E-state index in [1.165, 1.54) is 0 Å². The molecule has 1 rings (SSSR count). The summed E-state index contributed by atoms with van der Waals surface area (Å²) in [4.78, 5) is 0. The average molecular weight is 471 g/mol. The Labute approximate surface area is 127 Å². The maximum atomic E-state index is 6.16. The van der Waals surface area contributed by atoms with Gasteiger partial charge in [-0.25, -0.2) is 0 Å². The van der Waals surface area contributed by atoms with Gasteiger partial charge in [0.2, 0.25) is 0 Å². The highest BCUT2D eigenvalue weighted by atomic mass is 127. The predicted octanol–water partition coefficient (Wildman–Crippen LogP) is 5.38. The third-order valence-electron chi connectivity index (χ3n) is 1.48. The first kappa shape index (κ1) is 14.1. The number of ether oxygens (including phenoxy) is 1. The van der Waals surface area contributed by atoms with Crippen molar-refractivity contribution in [2.75, 3.05) is 0 Å². The Morgan fingerprint density at radius 2 is 1.47 bits per heavy atom. The van der Waals surface area contributed by atoms with Gasteiger partial charge in [0.15, 0.2) is 5.75 Å². The summed E-state index contributed by atoms with van der Waals surface area (Å²) in [5.74, 6) is 0.571. The second-order valence-electron chi connectivity index (χ2n) is 4.01. The smallest absolute Gasteiger partial charge is 0.159 e. The zero-order valence-corrected chi connectivity index (χ0v) is 14.3. The molecule has 15 heavy (non-hydrogen) atoms. The molecule has 0 bridgehead atoms. The highest BCUT2D eigenvalue weighted by Gasteiger charge is 2.20. The standard InChI is InChI=1S/C10H10Cl2I2O/c1-10(2,3)15-9-7(11)5(13)4-6(14)8(9)12/h4H,1-3H3. The van der Waals surface area contributed by atoms with E-state index in [2.05, 4.69) is 45.2 Å². The van der Waals surface area contributed by atoms with Crippen LogP contribution in [0.25, 0.3) is 0 Å². The van der Waals surface area contributed by atoms with Crippen LogP contribution in [0.2, 0.25) is 10.0 Å². The number of benzene rings is 1. The molecule has 5 heteroatoms. The molecule has 0 saturated heterocycles. The molecular formula is C10H10Cl2I2O.